The lowest BCUT2D eigenvalue weighted by molar-refractivity contribution is 0.137. The number of halogens is 1. The number of phenols is 1. The van der Waals surface area contributed by atoms with Crippen LogP contribution in [-0.4, -0.2) is 43.6 Å². The predicted molar refractivity (Wildman–Crippen MR) is 108 cm³/mol. The minimum absolute atomic E-state index is 0.0266. The van der Waals surface area contributed by atoms with Crippen LogP contribution >= 0.6 is 11.8 Å². The molecule has 4 heterocycles. The summed E-state index contributed by atoms with van der Waals surface area (Å²) >= 11 is 1.48. The first-order valence-electron chi connectivity index (χ1n) is 9.63. The summed E-state index contributed by atoms with van der Waals surface area (Å²) in [4.78, 5) is 13.0. The van der Waals surface area contributed by atoms with E-state index in [1.165, 1.54) is 11.8 Å². The first kappa shape index (κ1) is 17.8. The van der Waals surface area contributed by atoms with Gasteiger partial charge in [0.05, 0.1) is 18.1 Å². The Morgan fingerprint density at radius 3 is 2.89 bits per heavy atom. The Hall–Kier alpha value is -2.25. The largest absolute Gasteiger partial charge is 0.507 e. The van der Waals surface area contributed by atoms with Gasteiger partial charge < -0.3 is 10.4 Å². The number of hydrogen-bond acceptors (Lipinski definition) is 6. The van der Waals surface area contributed by atoms with Gasteiger partial charge in [0.1, 0.15) is 16.9 Å². The maximum absolute atomic E-state index is 14.8. The van der Waals surface area contributed by atoms with Gasteiger partial charge in [0.25, 0.3) is 0 Å². The Morgan fingerprint density at radius 1 is 1.11 bits per heavy atom. The fraction of sp³-hybridized carbons (Fsp3) is 0.381. The van der Waals surface area contributed by atoms with Crippen molar-refractivity contribution >= 4 is 22.5 Å². The van der Waals surface area contributed by atoms with Crippen LogP contribution in [0.25, 0.3) is 22.0 Å². The number of nitrogens with zero attached hydrogens (tertiary/aromatic N) is 3. The lowest BCUT2D eigenvalue weighted by atomic mass is 9.85. The first-order valence-corrected chi connectivity index (χ1v) is 10.5. The molecule has 2 aliphatic heterocycles. The highest BCUT2D eigenvalue weighted by Gasteiger charge is 2.40. The van der Waals surface area contributed by atoms with E-state index in [-0.39, 0.29) is 17.0 Å². The molecule has 2 saturated heterocycles. The van der Waals surface area contributed by atoms with Gasteiger partial charge in [-0.2, -0.15) is 0 Å². The number of pyridine rings is 1. The third-order valence-electron chi connectivity index (χ3n) is 5.71. The van der Waals surface area contributed by atoms with E-state index in [4.69, 9.17) is 0 Å². The summed E-state index contributed by atoms with van der Waals surface area (Å²) < 4.78 is 14.8. The zero-order valence-corrected chi connectivity index (χ0v) is 16.1. The van der Waals surface area contributed by atoms with Gasteiger partial charge in [-0.15, -0.1) is 0 Å². The number of nitrogens with one attached hydrogen (secondary N) is 1. The maximum Gasteiger partial charge on any atom is 0.128 e. The number of hydrogen-bond donors (Lipinski definition) is 2. The molecule has 7 heteroatoms. The molecule has 5 rings (SSSR count). The Kier molecular flexibility index (Phi) is 4.64. The SMILES string of the molecule is Oc1cc2cnccc2cc1-c1cnc(S[C@@H]2C[C@H]3CCC[C@H](N3)[C@H]2F)cn1. The van der Waals surface area contributed by atoms with Crippen molar-refractivity contribution in [2.45, 2.75) is 54.2 Å². The lowest BCUT2D eigenvalue weighted by Gasteiger charge is -2.42. The highest BCUT2D eigenvalue weighted by molar-refractivity contribution is 7.99. The molecule has 0 amide bonds. The Bertz CT molecular complexity index is 999. The van der Waals surface area contributed by atoms with E-state index in [1.54, 1.807) is 30.9 Å². The van der Waals surface area contributed by atoms with E-state index < -0.39 is 6.17 Å². The van der Waals surface area contributed by atoms with Crippen LogP contribution in [0.5, 0.6) is 5.75 Å². The van der Waals surface area contributed by atoms with Crippen LogP contribution in [0.15, 0.2) is 48.0 Å². The zero-order valence-electron chi connectivity index (χ0n) is 15.3. The van der Waals surface area contributed by atoms with Gasteiger partial charge >= 0.3 is 0 Å². The third kappa shape index (κ3) is 3.33. The molecule has 2 N–H and O–H groups in total. The summed E-state index contributed by atoms with van der Waals surface area (Å²) in [7, 11) is 0. The minimum Gasteiger partial charge on any atom is -0.507 e. The maximum atomic E-state index is 14.8. The third-order valence-corrected chi connectivity index (χ3v) is 6.91. The van der Waals surface area contributed by atoms with E-state index >= 15 is 0 Å². The smallest absolute Gasteiger partial charge is 0.128 e. The summed E-state index contributed by atoms with van der Waals surface area (Å²) in [6.45, 7) is 0. The second-order valence-corrected chi connectivity index (χ2v) is 8.83. The van der Waals surface area contributed by atoms with Crippen molar-refractivity contribution in [2.75, 3.05) is 0 Å². The van der Waals surface area contributed by atoms with Crippen LogP contribution in [0, 0.1) is 0 Å². The molecule has 5 nitrogen and oxygen atoms in total. The Labute approximate surface area is 166 Å². The van der Waals surface area contributed by atoms with Crippen LogP contribution in [0.2, 0.25) is 0 Å². The number of aromatic hydroxyl groups is 1. The van der Waals surface area contributed by atoms with Crippen molar-refractivity contribution in [3.63, 3.8) is 0 Å². The number of thioether (sulfide) groups is 1. The molecule has 2 fully saturated rings. The van der Waals surface area contributed by atoms with Crippen LogP contribution < -0.4 is 5.32 Å². The van der Waals surface area contributed by atoms with E-state index in [0.29, 0.717) is 17.3 Å². The van der Waals surface area contributed by atoms with Crippen molar-refractivity contribution in [1.82, 2.24) is 20.3 Å². The monoisotopic (exact) mass is 396 g/mol. The van der Waals surface area contributed by atoms with Crippen molar-refractivity contribution in [3.05, 3.63) is 43.0 Å². The second-order valence-electron chi connectivity index (χ2n) is 7.57. The molecular weight excluding hydrogens is 375 g/mol. The average molecular weight is 396 g/mol. The number of rotatable bonds is 3. The summed E-state index contributed by atoms with van der Waals surface area (Å²) in [5.41, 5.74) is 1.22. The molecule has 144 valence electrons. The zero-order chi connectivity index (χ0) is 19.1. The van der Waals surface area contributed by atoms with Crippen LogP contribution in [0.1, 0.15) is 25.7 Å². The standard InChI is InChI=1S/C21H21FN4OS/c22-21-16-3-1-2-14(26-16)8-19(21)28-20-11-24-17(10-25-20)15-6-12-4-5-23-9-13(12)7-18(15)27/h4-7,9-11,14,16,19,21,26-27H,1-3,8H2/t14-,16+,19-,21-/m1/s1. The summed E-state index contributed by atoms with van der Waals surface area (Å²) in [5, 5.41) is 16.3. The van der Waals surface area contributed by atoms with Crippen molar-refractivity contribution in [3.8, 4) is 17.0 Å². The van der Waals surface area contributed by atoms with Gasteiger partial charge in [-0.1, -0.05) is 18.2 Å². The molecule has 0 saturated carbocycles. The van der Waals surface area contributed by atoms with E-state index in [2.05, 4.69) is 20.3 Å². The molecule has 28 heavy (non-hydrogen) atoms. The molecule has 0 unspecified atom stereocenters. The van der Waals surface area contributed by atoms with Gasteiger partial charge in [-0.3, -0.25) is 9.97 Å². The molecule has 2 aromatic heterocycles. The summed E-state index contributed by atoms with van der Waals surface area (Å²) in [5.74, 6) is 0.144. The minimum atomic E-state index is -0.860. The topological polar surface area (TPSA) is 70.9 Å². The molecule has 2 bridgehead atoms. The molecule has 0 aliphatic carbocycles. The number of piperidine rings is 2. The number of aromatic nitrogens is 3. The first-order chi connectivity index (χ1) is 13.7. The van der Waals surface area contributed by atoms with Crippen molar-refractivity contribution in [2.24, 2.45) is 0 Å². The molecule has 2 aliphatic rings. The fourth-order valence-electron chi connectivity index (χ4n) is 4.27. The Balaban J connectivity index is 1.37. The second kappa shape index (κ2) is 7.29. The molecule has 4 atom stereocenters. The molecule has 0 spiro atoms. The highest BCUT2D eigenvalue weighted by atomic mass is 32.2. The van der Waals surface area contributed by atoms with Crippen molar-refractivity contribution in [1.29, 1.82) is 0 Å². The molecule has 0 radical (unpaired) electrons. The van der Waals surface area contributed by atoms with Gasteiger partial charge in [0.2, 0.25) is 0 Å². The number of benzene rings is 1. The van der Waals surface area contributed by atoms with Gasteiger partial charge in [-0.05, 0) is 42.8 Å². The molecule has 1 aromatic carbocycles. The normalized spacial score (nSPS) is 27.0. The number of fused-ring (bicyclic) bond motifs is 3. The van der Waals surface area contributed by atoms with Crippen LogP contribution in [-0.2, 0) is 0 Å². The average Bonchev–Trinajstić information content (AvgIpc) is 2.72. The van der Waals surface area contributed by atoms with E-state index in [9.17, 15) is 9.50 Å². The Morgan fingerprint density at radius 2 is 2.04 bits per heavy atom. The predicted octanol–water partition coefficient (Wildman–Crippen LogP) is 4.11. The van der Waals surface area contributed by atoms with Gasteiger partial charge in [0, 0.05) is 40.7 Å². The number of alkyl halides is 1. The highest BCUT2D eigenvalue weighted by Crippen LogP contribution is 2.38. The molecule has 3 aromatic rings. The van der Waals surface area contributed by atoms with Gasteiger partial charge in [0.15, 0.2) is 0 Å². The summed E-state index contributed by atoms with van der Waals surface area (Å²) in [6, 6.07) is 5.85. The van der Waals surface area contributed by atoms with Crippen LogP contribution in [0.3, 0.4) is 0 Å². The van der Waals surface area contributed by atoms with E-state index in [1.807, 2.05) is 12.1 Å². The quantitative estimate of drug-likeness (QED) is 0.694. The van der Waals surface area contributed by atoms with Gasteiger partial charge in [-0.25, -0.2) is 9.37 Å². The van der Waals surface area contributed by atoms with Crippen molar-refractivity contribution < 1.29 is 9.50 Å². The fourth-order valence-corrected chi connectivity index (χ4v) is 5.46. The van der Waals surface area contributed by atoms with Crippen LogP contribution in [0.4, 0.5) is 4.39 Å². The summed E-state index contributed by atoms with van der Waals surface area (Å²) in [6.07, 6.45) is 9.88. The lowest BCUT2D eigenvalue weighted by Crippen LogP contribution is -2.56. The molecular formula is C21H21FN4OS. The van der Waals surface area contributed by atoms with E-state index in [0.717, 1.165) is 41.5 Å². The number of phenolic OH excluding ortho intramolecular Hbond substituents is 1.